The minimum Gasteiger partial charge on any atom is -0.357 e. The summed E-state index contributed by atoms with van der Waals surface area (Å²) in [5.74, 6) is 0.727. The van der Waals surface area contributed by atoms with Crippen LogP contribution in [0.3, 0.4) is 0 Å². The first-order valence-corrected chi connectivity index (χ1v) is 9.44. The molecule has 3 N–H and O–H groups in total. The Morgan fingerprint density at radius 1 is 1.12 bits per heavy atom. The van der Waals surface area contributed by atoms with E-state index in [4.69, 9.17) is 0 Å². The molecule has 2 aromatic rings. The van der Waals surface area contributed by atoms with Gasteiger partial charge in [0.25, 0.3) is 5.91 Å². The number of nitrogens with zero attached hydrogens (tertiary/aromatic N) is 1. The molecule has 0 radical (unpaired) electrons. The highest BCUT2D eigenvalue weighted by molar-refractivity contribution is 7.10. The highest BCUT2D eigenvalue weighted by Gasteiger charge is 2.05. The smallest absolute Gasteiger partial charge is 0.251 e. The van der Waals surface area contributed by atoms with Gasteiger partial charge >= 0.3 is 0 Å². The van der Waals surface area contributed by atoms with Crippen LogP contribution < -0.4 is 16.0 Å². The van der Waals surface area contributed by atoms with Gasteiger partial charge in [-0.15, -0.1) is 11.3 Å². The highest BCUT2D eigenvalue weighted by atomic mass is 32.1. The fourth-order valence-electron chi connectivity index (χ4n) is 2.33. The number of rotatable bonds is 7. The van der Waals surface area contributed by atoms with E-state index in [2.05, 4.69) is 39.3 Å². The van der Waals surface area contributed by atoms with E-state index in [0.717, 1.165) is 24.6 Å². The zero-order valence-corrected chi connectivity index (χ0v) is 15.9. The third-order valence-electron chi connectivity index (χ3n) is 3.68. The molecule has 0 saturated carbocycles. The molecular formula is C19H26N4OS. The van der Waals surface area contributed by atoms with Crippen molar-refractivity contribution in [2.75, 3.05) is 13.1 Å². The van der Waals surface area contributed by atoms with Crippen LogP contribution in [-0.4, -0.2) is 25.0 Å². The molecular weight excluding hydrogens is 332 g/mol. The van der Waals surface area contributed by atoms with E-state index < -0.39 is 0 Å². The van der Waals surface area contributed by atoms with Crippen LogP contribution in [0.15, 0.2) is 40.7 Å². The fourth-order valence-corrected chi connectivity index (χ4v) is 3.18. The highest BCUT2D eigenvalue weighted by Crippen LogP contribution is 2.14. The summed E-state index contributed by atoms with van der Waals surface area (Å²) in [5, 5.41) is 11.5. The number of thiophene rings is 1. The van der Waals surface area contributed by atoms with Crippen LogP contribution in [0.1, 0.15) is 40.2 Å². The number of hydrogen-bond acceptors (Lipinski definition) is 3. The second kappa shape index (κ2) is 9.84. The molecule has 0 spiro atoms. The van der Waals surface area contributed by atoms with E-state index in [1.165, 1.54) is 10.4 Å². The van der Waals surface area contributed by atoms with Gasteiger partial charge in [-0.3, -0.25) is 4.79 Å². The third-order valence-corrected chi connectivity index (χ3v) is 4.70. The van der Waals surface area contributed by atoms with E-state index in [1.807, 2.05) is 38.1 Å². The summed E-state index contributed by atoms with van der Waals surface area (Å²) in [4.78, 5) is 17.9. The Hall–Kier alpha value is -2.34. The Labute approximate surface area is 153 Å². The van der Waals surface area contributed by atoms with E-state index in [-0.39, 0.29) is 5.91 Å². The molecule has 6 heteroatoms. The monoisotopic (exact) mass is 358 g/mol. The van der Waals surface area contributed by atoms with Gasteiger partial charge < -0.3 is 16.0 Å². The summed E-state index contributed by atoms with van der Waals surface area (Å²) in [6.45, 7) is 8.77. The number of hydrogen-bond donors (Lipinski definition) is 3. The minimum absolute atomic E-state index is 0.0495. The van der Waals surface area contributed by atoms with Crippen molar-refractivity contribution in [3.05, 3.63) is 57.3 Å². The van der Waals surface area contributed by atoms with Crippen molar-refractivity contribution in [1.29, 1.82) is 0 Å². The largest absolute Gasteiger partial charge is 0.357 e. The van der Waals surface area contributed by atoms with Crippen molar-refractivity contribution in [2.45, 2.75) is 33.9 Å². The summed E-state index contributed by atoms with van der Waals surface area (Å²) in [6.07, 6.45) is 0. The average molecular weight is 359 g/mol. The molecule has 1 aromatic carbocycles. The van der Waals surface area contributed by atoms with Crippen molar-refractivity contribution >= 4 is 23.2 Å². The van der Waals surface area contributed by atoms with Gasteiger partial charge in [0.15, 0.2) is 5.96 Å². The van der Waals surface area contributed by atoms with E-state index in [9.17, 15) is 4.79 Å². The SMILES string of the molecule is CCNC(=O)c1cccc(CN=C(NCC)NCc2sccc2C)c1. The van der Waals surface area contributed by atoms with Gasteiger partial charge in [-0.1, -0.05) is 12.1 Å². The topological polar surface area (TPSA) is 65.5 Å². The molecule has 5 nitrogen and oxygen atoms in total. The number of amides is 1. The van der Waals surface area contributed by atoms with Crippen molar-refractivity contribution in [2.24, 2.45) is 4.99 Å². The maximum Gasteiger partial charge on any atom is 0.251 e. The predicted octanol–water partition coefficient (Wildman–Crippen LogP) is 3.06. The van der Waals surface area contributed by atoms with Gasteiger partial charge in [-0.2, -0.15) is 0 Å². The molecule has 0 aliphatic carbocycles. The Balaban J connectivity index is 2.01. The second-order valence-electron chi connectivity index (χ2n) is 5.64. The minimum atomic E-state index is -0.0495. The van der Waals surface area contributed by atoms with E-state index in [0.29, 0.717) is 18.7 Å². The van der Waals surface area contributed by atoms with Crippen LogP contribution in [0, 0.1) is 6.92 Å². The Bertz CT molecular complexity index is 724. The second-order valence-corrected chi connectivity index (χ2v) is 6.64. The molecule has 0 saturated heterocycles. The Morgan fingerprint density at radius 2 is 1.92 bits per heavy atom. The quantitative estimate of drug-likeness (QED) is 0.526. The first kappa shape index (κ1) is 19.0. The van der Waals surface area contributed by atoms with Gasteiger partial charge in [0.1, 0.15) is 0 Å². The molecule has 1 amide bonds. The standard InChI is InChI=1S/C19H26N4OS/c1-4-20-18(24)16-8-6-7-15(11-16)12-22-19(21-5-2)23-13-17-14(3)9-10-25-17/h6-11H,4-5,12-13H2,1-3H3,(H,20,24)(H2,21,22,23). The molecule has 1 heterocycles. The molecule has 0 bridgehead atoms. The van der Waals surface area contributed by atoms with E-state index in [1.54, 1.807) is 11.3 Å². The molecule has 0 aliphatic heterocycles. The molecule has 0 fully saturated rings. The number of benzene rings is 1. The molecule has 2 rings (SSSR count). The number of guanidine groups is 1. The summed E-state index contributed by atoms with van der Waals surface area (Å²) in [5.41, 5.74) is 2.97. The maximum absolute atomic E-state index is 11.9. The van der Waals surface area contributed by atoms with Gasteiger partial charge in [0, 0.05) is 23.5 Å². The predicted molar refractivity (Wildman–Crippen MR) is 105 cm³/mol. The van der Waals surface area contributed by atoms with Crippen LogP contribution in [0.25, 0.3) is 0 Å². The molecule has 0 aliphatic rings. The number of aliphatic imine (C=N–C) groups is 1. The van der Waals surface area contributed by atoms with Crippen LogP contribution in [0.2, 0.25) is 0 Å². The lowest BCUT2D eigenvalue weighted by atomic mass is 10.1. The van der Waals surface area contributed by atoms with Crippen LogP contribution in [0.5, 0.6) is 0 Å². The summed E-state index contributed by atoms with van der Waals surface area (Å²) < 4.78 is 0. The molecule has 0 atom stereocenters. The molecule has 1 aromatic heterocycles. The van der Waals surface area contributed by atoms with Gasteiger partial charge in [0.2, 0.25) is 0 Å². The van der Waals surface area contributed by atoms with Crippen molar-refractivity contribution in [1.82, 2.24) is 16.0 Å². The normalized spacial score (nSPS) is 11.2. The number of nitrogens with one attached hydrogen (secondary N) is 3. The van der Waals surface area contributed by atoms with Crippen LogP contribution >= 0.6 is 11.3 Å². The first-order valence-electron chi connectivity index (χ1n) is 8.56. The first-order chi connectivity index (χ1) is 12.1. The Kier molecular flexibility index (Phi) is 7.47. The lowest BCUT2D eigenvalue weighted by Gasteiger charge is -2.11. The lowest BCUT2D eigenvalue weighted by molar-refractivity contribution is 0.0955. The summed E-state index contributed by atoms with van der Waals surface area (Å²) in [6, 6.07) is 9.71. The third kappa shape index (κ3) is 5.90. The van der Waals surface area contributed by atoms with Gasteiger partial charge in [-0.05, 0) is 55.5 Å². The van der Waals surface area contributed by atoms with E-state index >= 15 is 0 Å². The molecule has 25 heavy (non-hydrogen) atoms. The molecule has 0 unspecified atom stereocenters. The van der Waals surface area contributed by atoms with Crippen LogP contribution in [-0.2, 0) is 13.1 Å². The number of aryl methyl sites for hydroxylation is 1. The van der Waals surface area contributed by atoms with Crippen molar-refractivity contribution in [3.8, 4) is 0 Å². The average Bonchev–Trinajstić information content (AvgIpc) is 3.03. The Morgan fingerprint density at radius 3 is 2.60 bits per heavy atom. The van der Waals surface area contributed by atoms with Crippen molar-refractivity contribution < 1.29 is 4.79 Å². The molecule has 134 valence electrons. The van der Waals surface area contributed by atoms with Crippen molar-refractivity contribution in [3.63, 3.8) is 0 Å². The maximum atomic E-state index is 11.9. The zero-order valence-electron chi connectivity index (χ0n) is 15.1. The van der Waals surface area contributed by atoms with Crippen LogP contribution in [0.4, 0.5) is 0 Å². The summed E-state index contributed by atoms with van der Waals surface area (Å²) >= 11 is 1.74. The fraction of sp³-hybridized carbons (Fsp3) is 0.368. The van der Waals surface area contributed by atoms with Gasteiger partial charge in [-0.25, -0.2) is 4.99 Å². The zero-order chi connectivity index (χ0) is 18.1. The number of carbonyl (C=O) groups is 1. The lowest BCUT2D eigenvalue weighted by Crippen LogP contribution is -2.36. The summed E-state index contributed by atoms with van der Waals surface area (Å²) in [7, 11) is 0. The number of carbonyl (C=O) groups excluding carboxylic acids is 1. The van der Waals surface area contributed by atoms with Gasteiger partial charge in [0.05, 0.1) is 13.1 Å².